The second-order valence-corrected chi connectivity index (χ2v) is 12.1. The van der Waals surface area contributed by atoms with Crippen molar-refractivity contribution in [3.05, 3.63) is 81.3 Å². The molecule has 240 valence electrons. The molecule has 0 bridgehead atoms. The van der Waals surface area contributed by atoms with Crippen molar-refractivity contribution in [2.45, 2.75) is 51.5 Å². The number of carbonyl (C=O) groups excluding carboxylic acids is 1. The van der Waals surface area contributed by atoms with E-state index in [0.717, 1.165) is 44.5 Å². The van der Waals surface area contributed by atoms with Gasteiger partial charge in [0, 0.05) is 24.7 Å². The van der Waals surface area contributed by atoms with Crippen molar-refractivity contribution in [2.75, 3.05) is 46.3 Å². The Bertz CT molecular complexity index is 1330. The van der Waals surface area contributed by atoms with Gasteiger partial charge >= 0.3 is 6.03 Å². The number of nitrogens with one attached hydrogen (secondary N) is 2. The third-order valence-electron chi connectivity index (χ3n) is 8.13. The van der Waals surface area contributed by atoms with Crippen molar-refractivity contribution in [1.82, 2.24) is 10.2 Å². The third-order valence-corrected chi connectivity index (χ3v) is 8.87. The standard InChI is InChI=1S/C34H43Cl2N3O4.BrH/c1-23(8-9-24-10-12-25(13-11-24)18-26-14-15-28(35)29(36)19-26)30(22-39-16-6-5-7-17-39)38-34(40)37-27-20-31(41-2)33(43-4)32(21-27)42-3;/h10-15,19-21,23,30H,5-9,16-18,22H2,1-4H3,(H2,37,38,40);1H. The van der Waals surface area contributed by atoms with Crippen LogP contribution in [0.4, 0.5) is 10.5 Å². The Hall–Kier alpha value is -2.65. The highest BCUT2D eigenvalue weighted by Crippen LogP contribution is 2.40. The second-order valence-electron chi connectivity index (χ2n) is 11.2. The van der Waals surface area contributed by atoms with Crippen molar-refractivity contribution < 1.29 is 19.0 Å². The normalized spacial score (nSPS) is 14.6. The van der Waals surface area contributed by atoms with E-state index in [1.165, 1.54) is 30.4 Å². The first kappa shape index (κ1) is 35.8. The van der Waals surface area contributed by atoms with E-state index < -0.39 is 0 Å². The first-order chi connectivity index (χ1) is 20.8. The zero-order valence-corrected chi connectivity index (χ0v) is 29.2. The van der Waals surface area contributed by atoms with Gasteiger partial charge in [-0.05, 0) is 79.9 Å². The number of rotatable bonds is 13. The van der Waals surface area contributed by atoms with Crippen molar-refractivity contribution >= 4 is 51.9 Å². The first-order valence-electron chi connectivity index (χ1n) is 14.9. The Labute approximate surface area is 282 Å². The maximum atomic E-state index is 13.3. The number of hydrogen-bond donors (Lipinski definition) is 2. The molecule has 1 aliphatic rings. The topological polar surface area (TPSA) is 72.1 Å². The first-order valence-corrected chi connectivity index (χ1v) is 15.7. The van der Waals surface area contributed by atoms with E-state index in [4.69, 9.17) is 37.4 Å². The van der Waals surface area contributed by atoms with Crippen LogP contribution in [0.1, 0.15) is 49.3 Å². The highest BCUT2D eigenvalue weighted by Gasteiger charge is 2.24. The summed E-state index contributed by atoms with van der Waals surface area (Å²) >= 11 is 12.3. The Morgan fingerprint density at radius 1 is 0.841 bits per heavy atom. The van der Waals surface area contributed by atoms with E-state index in [9.17, 15) is 4.79 Å². The quantitative estimate of drug-likeness (QED) is 0.187. The summed E-state index contributed by atoms with van der Waals surface area (Å²) in [6.07, 6.45) is 6.36. The van der Waals surface area contributed by atoms with Gasteiger partial charge in [-0.2, -0.15) is 0 Å². The molecule has 2 atom stereocenters. The lowest BCUT2D eigenvalue weighted by Crippen LogP contribution is -2.49. The van der Waals surface area contributed by atoms with Gasteiger partial charge in [0.15, 0.2) is 11.5 Å². The molecule has 0 spiro atoms. The fraction of sp³-hybridized carbons (Fsp3) is 0.441. The SMILES string of the molecule is Br.COc1cc(NC(=O)NC(CN2CCCCC2)C(C)CCc2ccc(Cc3ccc(Cl)c(Cl)c3)cc2)cc(OC)c1OC. The number of urea groups is 1. The summed E-state index contributed by atoms with van der Waals surface area (Å²) < 4.78 is 16.3. The molecule has 0 aliphatic carbocycles. The Kier molecular flexibility index (Phi) is 14.4. The van der Waals surface area contributed by atoms with Gasteiger partial charge in [0.25, 0.3) is 0 Å². The number of hydrogen-bond acceptors (Lipinski definition) is 5. The maximum Gasteiger partial charge on any atom is 0.319 e. The van der Waals surface area contributed by atoms with Gasteiger partial charge in [0.05, 0.1) is 37.1 Å². The van der Waals surface area contributed by atoms with Gasteiger partial charge in [-0.3, -0.25) is 0 Å². The van der Waals surface area contributed by atoms with Gasteiger partial charge in [-0.1, -0.05) is 66.9 Å². The average molecular weight is 710 g/mol. The summed E-state index contributed by atoms with van der Waals surface area (Å²) in [5, 5.41) is 7.39. The van der Waals surface area contributed by atoms with Crippen LogP contribution in [0.25, 0.3) is 0 Å². The Morgan fingerprint density at radius 3 is 2.05 bits per heavy atom. The molecule has 44 heavy (non-hydrogen) atoms. The molecule has 2 unspecified atom stereocenters. The largest absolute Gasteiger partial charge is 0.493 e. The summed E-state index contributed by atoms with van der Waals surface area (Å²) in [7, 11) is 4.67. The monoisotopic (exact) mass is 707 g/mol. The van der Waals surface area contributed by atoms with Crippen LogP contribution in [0.5, 0.6) is 17.2 Å². The molecule has 0 saturated carbocycles. The lowest BCUT2D eigenvalue weighted by molar-refractivity contribution is 0.181. The minimum atomic E-state index is -0.255. The highest BCUT2D eigenvalue weighted by molar-refractivity contribution is 8.93. The molecule has 0 aromatic heterocycles. The van der Waals surface area contributed by atoms with Crippen molar-refractivity contribution in [3.8, 4) is 17.2 Å². The van der Waals surface area contributed by atoms with Crippen LogP contribution >= 0.6 is 40.2 Å². The zero-order valence-electron chi connectivity index (χ0n) is 26.0. The predicted molar refractivity (Wildman–Crippen MR) is 186 cm³/mol. The van der Waals surface area contributed by atoms with Gasteiger partial charge in [0.2, 0.25) is 5.75 Å². The van der Waals surface area contributed by atoms with E-state index in [1.54, 1.807) is 33.5 Å². The Balaban J connectivity index is 0.00000529. The summed E-state index contributed by atoms with van der Waals surface area (Å²) in [6.45, 7) is 5.19. The van der Waals surface area contributed by atoms with Gasteiger partial charge in [-0.25, -0.2) is 4.79 Å². The van der Waals surface area contributed by atoms with Gasteiger partial charge in [0.1, 0.15) is 0 Å². The number of anilines is 1. The minimum absolute atomic E-state index is 0. The van der Waals surface area contributed by atoms with Crippen LogP contribution in [0, 0.1) is 5.92 Å². The highest BCUT2D eigenvalue weighted by atomic mass is 79.9. The molecule has 4 rings (SSSR count). The van der Waals surface area contributed by atoms with Crippen molar-refractivity contribution in [1.29, 1.82) is 0 Å². The fourth-order valence-electron chi connectivity index (χ4n) is 5.58. The smallest absolute Gasteiger partial charge is 0.319 e. The number of halogens is 3. The molecule has 1 saturated heterocycles. The predicted octanol–water partition coefficient (Wildman–Crippen LogP) is 8.43. The van der Waals surface area contributed by atoms with Crippen LogP contribution in [-0.2, 0) is 12.8 Å². The lowest BCUT2D eigenvalue weighted by Gasteiger charge is -2.33. The maximum absolute atomic E-state index is 13.3. The summed E-state index contributed by atoms with van der Waals surface area (Å²) in [5.74, 6) is 1.72. The molecule has 1 aliphatic heterocycles. The molecule has 7 nitrogen and oxygen atoms in total. The minimum Gasteiger partial charge on any atom is -0.493 e. The van der Waals surface area contributed by atoms with Gasteiger partial charge < -0.3 is 29.7 Å². The second kappa shape index (κ2) is 17.7. The van der Waals surface area contributed by atoms with E-state index in [0.29, 0.717) is 33.0 Å². The molecule has 10 heteroatoms. The number of likely N-dealkylation sites (tertiary alicyclic amines) is 1. The van der Waals surface area contributed by atoms with E-state index in [1.807, 2.05) is 18.2 Å². The summed E-state index contributed by atoms with van der Waals surface area (Å²) in [6, 6.07) is 17.7. The zero-order chi connectivity index (χ0) is 30.8. The number of piperidine rings is 1. The fourth-order valence-corrected chi connectivity index (χ4v) is 5.90. The van der Waals surface area contributed by atoms with Crippen molar-refractivity contribution in [3.63, 3.8) is 0 Å². The van der Waals surface area contributed by atoms with Crippen LogP contribution in [-0.4, -0.2) is 57.9 Å². The van der Waals surface area contributed by atoms with E-state index in [-0.39, 0.29) is 35.0 Å². The number of benzene rings is 3. The molecular formula is C34H44BrCl2N3O4. The molecule has 3 aromatic rings. The lowest BCUT2D eigenvalue weighted by atomic mass is 9.92. The van der Waals surface area contributed by atoms with E-state index >= 15 is 0 Å². The molecule has 3 aromatic carbocycles. The Morgan fingerprint density at radius 2 is 1.45 bits per heavy atom. The van der Waals surface area contributed by atoms with E-state index in [2.05, 4.69) is 46.7 Å². The third kappa shape index (κ3) is 10.2. The summed E-state index contributed by atoms with van der Waals surface area (Å²) in [4.78, 5) is 15.7. The van der Waals surface area contributed by atoms with Crippen LogP contribution in [0.15, 0.2) is 54.6 Å². The molecule has 1 fully saturated rings. The number of carbonyl (C=O) groups is 1. The molecule has 1 heterocycles. The number of methoxy groups -OCH3 is 3. The number of nitrogens with zero attached hydrogens (tertiary/aromatic N) is 1. The number of aryl methyl sites for hydroxylation is 1. The van der Waals surface area contributed by atoms with Crippen LogP contribution in [0.2, 0.25) is 10.0 Å². The summed E-state index contributed by atoms with van der Waals surface area (Å²) in [5.41, 5.74) is 4.20. The number of ether oxygens (including phenoxy) is 3. The van der Waals surface area contributed by atoms with Crippen molar-refractivity contribution in [2.24, 2.45) is 5.92 Å². The molecule has 2 amide bonds. The molecule has 2 N–H and O–H groups in total. The van der Waals surface area contributed by atoms with Gasteiger partial charge in [-0.15, -0.1) is 17.0 Å². The average Bonchev–Trinajstić information content (AvgIpc) is 3.02. The van der Waals surface area contributed by atoms with Crippen LogP contribution in [0.3, 0.4) is 0 Å². The molecular weight excluding hydrogens is 665 g/mol. The van der Waals surface area contributed by atoms with Crippen LogP contribution < -0.4 is 24.8 Å². The molecule has 0 radical (unpaired) electrons. The number of amides is 2.